The summed E-state index contributed by atoms with van der Waals surface area (Å²) in [5.74, 6) is 1.71. The maximum atomic E-state index is 12.1. The van der Waals surface area contributed by atoms with E-state index in [2.05, 4.69) is 52.0 Å². The van der Waals surface area contributed by atoms with Crippen LogP contribution in [0.1, 0.15) is 52.5 Å². The van der Waals surface area contributed by atoms with Gasteiger partial charge in [-0.25, -0.2) is 9.67 Å². The number of hydrogen-bond donors (Lipinski definition) is 1. The molecule has 1 aliphatic rings. The van der Waals surface area contributed by atoms with Gasteiger partial charge in [-0.1, -0.05) is 13.8 Å². The van der Waals surface area contributed by atoms with Crippen LogP contribution in [0.25, 0.3) is 22.2 Å². The van der Waals surface area contributed by atoms with Crippen LogP contribution in [0.15, 0.2) is 41.6 Å². The van der Waals surface area contributed by atoms with E-state index < -0.39 is 0 Å². The molecule has 1 N–H and O–H groups in total. The van der Waals surface area contributed by atoms with Crippen LogP contribution in [0.4, 0.5) is 5.82 Å². The molecule has 0 atom stereocenters. The van der Waals surface area contributed by atoms with Crippen LogP contribution in [0, 0.1) is 5.92 Å². The monoisotopic (exact) mass is 490 g/mol. The third kappa shape index (κ3) is 4.98. The molecular weight excluding hydrogens is 456 g/mol. The van der Waals surface area contributed by atoms with Gasteiger partial charge in [0.05, 0.1) is 17.8 Å². The lowest BCUT2D eigenvalue weighted by Gasteiger charge is -2.29. The highest BCUT2D eigenvalue weighted by atomic mass is 16.5. The number of nitrogens with one attached hydrogen (secondary N) is 1. The summed E-state index contributed by atoms with van der Waals surface area (Å²) in [7, 11) is 1.91. The maximum Gasteiger partial charge on any atom is 0.266 e. The lowest BCUT2D eigenvalue weighted by Crippen LogP contribution is -2.29. The van der Waals surface area contributed by atoms with E-state index in [-0.39, 0.29) is 17.7 Å². The largest absolute Gasteiger partial charge is 0.473 e. The topological polar surface area (TPSA) is 105 Å². The molecule has 4 heterocycles. The quantitative estimate of drug-likeness (QED) is 0.397. The normalized spacial score (nSPS) is 18.1. The van der Waals surface area contributed by atoms with Crippen molar-refractivity contribution in [2.75, 3.05) is 11.9 Å². The minimum Gasteiger partial charge on any atom is -0.473 e. The zero-order valence-corrected chi connectivity index (χ0v) is 21.4. The van der Waals surface area contributed by atoms with E-state index >= 15 is 0 Å². The summed E-state index contributed by atoms with van der Waals surface area (Å²) in [6.07, 6.45) is 9.48. The lowest BCUT2D eigenvalue weighted by molar-refractivity contribution is 0.122. The molecule has 0 radical (unpaired) electrons. The molecule has 0 aromatic carbocycles. The molecule has 0 saturated heterocycles. The first-order chi connectivity index (χ1) is 17.4. The molecule has 10 heteroatoms. The van der Waals surface area contributed by atoms with Crippen LogP contribution < -0.4 is 15.6 Å². The summed E-state index contributed by atoms with van der Waals surface area (Å²) in [5.41, 5.74) is 2.87. The molecule has 0 unspecified atom stereocenters. The Bertz CT molecular complexity index is 1390. The highest BCUT2D eigenvalue weighted by Gasteiger charge is 2.27. The summed E-state index contributed by atoms with van der Waals surface area (Å²) in [6, 6.07) is 5.58. The molecule has 190 valence electrons. The summed E-state index contributed by atoms with van der Waals surface area (Å²) in [5, 5.41) is 18.2. The Kier molecular flexibility index (Phi) is 6.75. The van der Waals surface area contributed by atoms with Crippen LogP contribution in [0.5, 0.6) is 5.88 Å². The number of anilines is 1. The number of fused-ring (bicyclic) bond motifs is 1. The van der Waals surface area contributed by atoms with Crippen molar-refractivity contribution in [2.45, 2.75) is 65.1 Å². The van der Waals surface area contributed by atoms with Crippen molar-refractivity contribution in [3.8, 4) is 17.1 Å². The van der Waals surface area contributed by atoms with Crippen molar-refractivity contribution in [1.82, 2.24) is 34.3 Å². The number of ether oxygens (including phenoxy) is 1. The van der Waals surface area contributed by atoms with E-state index in [4.69, 9.17) is 9.84 Å². The van der Waals surface area contributed by atoms with Crippen molar-refractivity contribution < 1.29 is 4.74 Å². The predicted octanol–water partition coefficient (Wildman–Crippen LogP) is 4.04. The summed E-state index contributed by atoms with van der Waals surface area (Å²) in [4.78, 5) is 16.7. The zero-order valence-electron chi connectivity index (χ0n) is 21.4. The molecule has 0 aliphatic heterocycles. The van der Waals surface area contributed by atoms with Gasteiger partial charge in [0.1, 0.15) is 17.6 Å². The van der Waals surface area contributed by atoms with Gasteiger partial charge in [0.25, 0.3) is 5.56 Å². The van der Waals surface area contributed by atoms with Crippen molar-refractivity contribution in [1.29, 1.82) is 0 Å². The Labute approximate surface area is 210 Å². The van der Waals surface area contributed by atoms with E-state index in [0.29, 0.717) is 18.3 Å². The van der Waals surface area contributed by atoms with Gasteiger partial charge >= 0.3 is 0 Å². The summed E-state index contributed by atoms with van der Waals surface area (Å²) < 4.78 is 11.7. The standard InChI is InChI=1S/C26H34N8O2/c1-5-27-23-12-22-21(14-28-23)26(18-13-29-32(4)16-18)31-34(22)19-6-8-20(9-7-19)36-24-10-11-25(35)33(30-24)15-17(2)3/h10-14,16-17,19-20H,5-9,15H2,1-4H3,(H,27,28)/t19-,20+. The number of aryl methyl sites for hydroxylation is 1. The van der Waals surface area contributed by atoms with E-state index in [0.717, 1.165) is 60.2 Å². The predicted molar refractivity (Wildman–Crippen MR) is 139 cm³/mol. The minimum atomic E-state index is -0.0961. The van der Waals surface area contributed by atoms with Gasteiger partial charge in [0.15, 0.2) is 0 Å². The van der Waals surface area contributed by atoms with Gasteiger partial charge in [-0.3, -0.25) is 14.2 Å². The molecule has 4 aromatic heterocycles. The first-order valence-electron chi connectivity index (χ1n) is 12.8. The molecule has 0 spiro atoms. The van der Waals surface area contributed by atoms with Crippen LogP contribution in [-0.2, 0) is 13.6 Å². The first kappa shape index (κ1) is 24.0. The lowest BCUT2D eigenvalue weighted by atomic mass is 9.93. The minimum absolute atomic E-state index is 0.0670. The van der Waals surface area contributed by atoms with E-state index in [1.807, 2.05) is 25.6 Å². The molecule has 0 amide bonds. The number of aromatic nitrogens is 7. The van der Waals surface area contributed by atoms with Crippen LogP contribution >= 0.6 is 0 Å². The molecule has 36 heavy (non-hydrogen) atoms. The van der Waals surface area contributed by atoms with E-state index in [9.17, 15) is 4.79 Å². The Morgan fingerprint density at radius 1 is 1.14 bits per heavy atom. The van der Waals surface area contributed by atoms with Crippen molar-refractivity contribution in [3.63, 3.8) is 0 Å². The summed E-state index contributed by atoms with van der Waals surface area (Å²) in [6.45, 7) is 7.59. The van der Waals surface area contributed by atoms with Gasteiger partial charge in [0, 0.05) is 61.7 Å². The number of pyridine rings is 1. The third-order valence-electron chi connectivity index (χ3n) is 6.59. The second-order valence-corrected chi connectivity index (χ2v) is 9.95. The van der Waals surface area contributed by atoms with E-state index in [1.54, 1.807) is 16.8 Å². The Morgan fingerprint density at radius 3 is 2.64 bits per heavy atom. The van der Waals surface area contributed by atoms with Crippen molar-refractivity contribution >= 4 is 16.7 Å². The zero-order chi connectivity index (χ0) is 25.2. The average Bonchev–Trinajstić information content (AvgIpc) is 3.45. The number of rotatable bonds is 8. The average molecular weight is 491 g/mol. The van der Waals surface area contributed by atoms with Crippen molar-refractivity contribution in [2.24, 2.45) is 13.0 Å². The molecule has 0 bridgehead atoms. The smallest absolute Gasteiger partial charge is 0.266 e. The van der Waals surface area contributed by atoms with Gasteiger partial charge in [-0.05, 0) is 38.5 Å². The molecule has 5 rings (SSSR count). The second-order valence-electron chi connectivity index (χ2n) is 9.95. The van der Waals surface area contributed by atoms with E-state index in [1.165, 1.54) is 4.68 Å². The van der Waals surface area contributed by atoms with Crippen LogP contribution in [0.3, 0.4) is 0 Å². The van der Waals surface area contributed by atoms with Crippen molar-refractivity contribution in [3.05, 3.63) is 47.1 Å². The highest BCUT2D eigenvalue weighted by Crippen LogP contribution is 2.36. The summed E-state index contributed by atoms with van der Waals surface area (Å²) >= 11 is 0. The fourth-order valence-electron chi connectivity index (χ4n) is 4.89. The molecule has 1 fully saturated rings. The Balaban J connectivity index is 1.36. The maximum absolute atomic E-state index is 12.1. The molecule has 1 aliphatic carbocycles. The number of nitrogens with zero attached hydrogens (tertiary/aromatic N) is 7. The molecule has 4 aromatic rings. The SMILES string of the molecule is CCNc1cc2c(cn1)c(-c1cnn(C)c1)nn2[C@H]1CC[C@@H](Oc2ccc(=O)n(CC(C)C)n2)CC1. The van der Waals surface area contributed by atoms with Crippen LogP contribution in [-0.4, -0.2) is 47.0 Å². The molecule has 1 saturated carbocycles. The number of hydrogen-bond acceptors (Lipinski definition) is 7. The molecular formula is C26H34N8O2. The fraction of sp³-hybridized carbons (Fsp3) is 0.500. The van der Waals surface area contributed by atoms with Gasteiger partial charge in [0.2, 0.25) is 5.88 Å². The Morgan fingerprint density at radius 2 is 1.94 bits per heavy atom. The van der Waals surface area contributed by atoms with Gasteiger partial charge in [-0.2, -0.15) is 10.2 Å². The highest BCUT2D eigenvalue weighted by molar-refractivity contribution is 5.93. The third-order valence-corrected chi connectivity index (χ3v) is 6.59. The fourth-order valence-corrected chi connectivity index (χ4v) is 4.89. The second kappa shape index (κ2) is 10.1. The Hall–Kier alpha value is -3.69. The molecule has 10 nitrogen and oxygen atoms in total. The van der Waals surface area contributed by atoms with Gasteiger partial charge in [-0.15, -0.1) is 5.10 Å². The van der Waals surface area contributed by atoms with Crippen LogP contribution in [0.2, 0.25) is 0 Å². The van der Waals surface area contributed by atoms with Gasteiger partial charge < -0.3 is 10.1 Å². The first-order valence-corrected chi connectivity index (χ1v) is 12.8.